The van der Waals surface area contributed by atoms with Crippen LogP contribution >= 0.6 is 15.9 Å². The second kappa shape index (κ2) is 3.87. The molecule has 0 saturated carbocycles. The summed E-state index contributed by atoms with van der Waals surface area (Å²) >= 11 is 3.33. The molecule has 0 aliphatic carbocycles. The molecule has 1 aromatic carbocycles. The molecule has 15 heavy (non-hydrogen) atoms. The number of hydrogen-bond acceptors (Lipinski definition) is 1. The van der Waals surface area contributed by atoms with Gasteiger partial charge < -0.3 is 0 Å². The van der Waals surface area contributed by atoms with Gasteiger partial charge in [-0.2, -0.15) is 5.26 Å². The molecule has 2 aromatic rings. The Morgan fingerprint density at radius 3 is 2.40 bits per heavy atom. The molecule has 0 aliphatic rings. The van der Waals surface area contributed by atoms with Crippen LogP contribution in [0.4, 0.5) is 4.39 Å². The molecule has 2 rings (SSSR count). The summed E-state index contributed by atoms with van der Waals surface area (Å²) in [6, 6.07) is 11.5. The Morgan fingerprint density at radius 2 is 1.80 bits per heavy atom. The minimum atomic E-state index is -0.291. The standard InChI is InChI=1S/C11H6BrFN2/c12-11-6-5-10(7-14)15(11)9-3-1-8(13)2-4-9/h1-6H. The molecular formula is C11H6BrFN2. The first-order chi connectivity index (χ1) is 7.22. The van der Waals surface area contributed by atoms with Crippen molar-refractivity contribution in [1.82, 2.24) is 4.57 Å². The van der Waals surface area contributed by atoms with Gasteiger partial charge in [-0.1, -0.05) is 0 Å². The Morgan fingerprint density at radius 1 is 1.13 bits per heavy atom. The van der Waals surface area contributed by atoms with Crippen molar-refractivity contribution in [3.8, 4) is 11.8 Å². The van der Waals surface area contributed by atoms with E-state index in [1.54, 1.807) is 28.8 Å². The van der Waals surface area contributed by atoms with Crippen LogP contribution in [0, 0.1) is 17.1 Å². The van der Waals surface area contributed by atoms with E-state index in [4.69, 9.17) is 5.26 Å². The van der Waals surface area contributed by atoms with Crippen molar-refractivity contribution in [1.29, 1.82) is 5.26 Å². The normalized spacial score (nSPS) is 9.93. The highest BCUT2D eigenvalue weighted by atomic mass is 79.9. The number of hydrogen-bond donors (Lipinski definition) is 0. The molecule has 1 heterocycles. The minimum absolute atomic E-state index is 0.291. The van der Waals surface area contributed by atoms with Gasteiger partial charge in [-0.05, 0) is 52.3 Å². The van der Waals surface area contributed by atoms with E-state index in [2.05, 4.69) is 22.0 Å². The van der Waals surface area contributed by atoms with Crippen LogP contribution in [-0.4, -0.2) is 4.57 Å². The lowest BCUT2D eigenvalue weighted by Gasteiger charge is -2.06. The average Bonchev–Trinajstić information content (AvgIpc) is 2.61. The topological polar surface area (TPSA) is 28.7 Å². The van der Waals surface area contributed by atoms with Crippen LogP contribution in [0.1, 0.15) is 5.69 Å². The number of benzene rings is 1. The van der Waals surface area contributed by atoms with Gasteiger partial charge in [0.2, 0.25) is 0 Å². The zero-order valence-corrected chi connectivity index (χ0v) is 9.20. The van der Waals surface area contributed by atoms with Crippen molar-refractivity contribution in [2.75, 3.05) is 0 Å². The molecule has 0 amide bonds. The van der Waals surface area contributed by atoms with Gasteiger partial charge in [-0.25, -0.2) is 4.39 Å². The summed E-state index contributed by atoms with van der Waals surface area (Å²) in [6.45, 7) is 0. The summed E-state index contributed by atoms with van der Waals surface area (Å²) in [5.41, 5.74) is 1.26. The maximum absolute atomic E-state index is 12.7. The van der Waals surface area contributed by atoms with Gasteiger partial charge in [0, 0.05) is 5.69 Å². The highest BCUT2D eigenvalue weighted by Crippen LogP contribution is 2.21. The van der Waals surface area contributed by atoms with Crippen molar-refractivity contribution >= 4 is 15.9 Å². The Kier molecular flexibility index (Phi) is 2.57. The van der Waals surface area contributed by atoms with Crippen molar-refractivity contribution in [3.05, 3.63) is 52.5 Å². The first-order valence-electron chi connectivity index (χ1n) is 4.25. The fourth-order valence-corrected chi connectivity index (χ4v) is 1.88. The molecule has 0 spiro atoms. The Hall–Kier alpha value is -1.60. The quantitative estimate of drug-likeness (QED) is 0.778. The van der Waals surface area contributed by atoms with Gasteiger partial charge >= 0.3 is 0 Å². The molecular weight excluding hydrogens is 259 g/mol. The first-order valence-corrected chi connectivity index (χ1v) is 5.05. The molecule has 2 nitrogen and oxygen atoms in total. The summed E-state index contributed by atoms with van der Waals surface area (Å²) in [7, 11) is 0. The lowest BCUT2D eigenvalue weighted by molar-refractivity contribution is 0.627. The van der Waals surface area contributed by atoms with Crippen LogP contribution < -0.4 is 0 Å². The minimum Gasteiger partial charge on any atom is -0.295 e. The summed E-state index contributed by atoms with van der Waals surface area (Å²) in [5, 5.41) is 8.88. The van der Waals surface area contributed by atoms with E-state index in [-0.39, 0.29) is 5.82 Å². The molecule has 0 N–H and O–H groups in total. The van der Waals surface area contributed by atoms with E-state index in [0.29, 0.717) is 5.69 Å². The van der Waals surface area contributed by atoms with Gasteiger partial charge in [0.1, 0.15) is 17.6 Å². The fourth-order valence-electron chi connectivity index (χ4n) is 1.35. The fraction of sp³-hybridized carbons (Fsp3) is 0. The number of nitrogens with zero attached hydrogens (tertiary/aromatic N) is 2. The van der Waals surface area contributed by atoms with Gasteiger partial charge in [-0.15, -0.1) is 0 Å². The summed E-state index contributed by atoms with van der Waals surface area (Å²) in [5.74, 6) is -0.291. The Balaban J connectivity index is 2.59. The van der Waals surface area contributed by atoms with Crippen LogP contribution in [0.3, 0.4) is 0 Å². The van der Waals surface area contributed by atoms with E-state index in [1.807, 2.05) is 0 Å². The van der Waals surface area contributed by atoms with Crippen molar-refractivity contribution in [2.45, 2.75) is 0 Å². The highest BCUT2D eigenvalue weighted by molar-refractivity contribution is 9.10. The lowest BCUT2D eigenvalue weighted by atomic mass is 10.3. The third kappa shape index (κ3) is 1.79. The maximum atomic E-state index is 12.7. The van der Waals surface area contributed by atoms with Crippen molar-refractivity contribution in [2.24, 2.45) is 0 Å². The third-order valence-corrected chi connectivity index (χ3v) is 2.65. The van der Waals surface area contributed by atoms with Crippen LogP contribution in [-0.2, 0) is 0 Å². The highest BCUT2D eigenvalue weighted by Gasteiger charge is 2.07. The molecule has 0 aliphatic heterocycles. The van der Waals surface area contributed by atoms with Crippen LogP contribution in [0.2, 0.25) is 0 Å². The number of rotatable bonds is 1. The monoisotopic (exact) mass is 264 g/mol. The van der Waals surface area contributed by atoms with E-state index < -0.39 is 0 Å². The summed E-state index contributed by atoms with van der Waals surface area (Å²) in [6.07, 6.45) is 0. The summed E-state index contributed by atoms with van der Waals surface area (Å²) in [4.78, 5) is 0. The second-order valence-corrected chi connectivity index (χ2v) is 3.78. The molecule has 0 radical (unpaired) electrons. The van der Waals surface area contributed by atoms with Crippen molar-refractivity contribution in [3.63, 3.8) is 0 Å². The average molecular weight is 265 g/mol. The zero-order chi connectivity index (χ0) is 10.8. The smallest absolute Gasteiger partial charge is 0.125 e. The number of aromatic nitrogens is 1. The lowest BCUT2D eigenvalue weighted by Crippen LogP contribution is -1.96. The van der Waals surface area contributed by atoms with E-state index in [9.17, 15) is 4.39 Å². The van der Waals surface area contributed by atoms with Crippen molar-refractivity contribution < 1.29 is 4.39 Å². The largest absolute Gasteiger partial charge is 0.295 e. The first kappa shape index (κ1) is 9.94. The molecule has 4 heteroatoms. The molecule has 0 fully saturated rings. The van der Waals surface area contributed by atoms with E-state index in [1.165, 1.54) is 12.1 Å². The van der Waals surface area contributed by atoms with Crippen LogP contribution in [0.5, 0.6) is 0 Å². The summed E-state index contributed by atoms with van der Waals surface area (Å²) < 4.78 is 15.2. The third-order valence-electron chi connectivity index (χ3n) is 2.03. The van der Waals surface area contributed by atoms with Crippen LogP contribution in [0.25, 0.3) is 5.69 Å². The molecule has 74 valence electrons. The van der Waals surface area contributed by atoms with Crippen LogP contribution in [0.15, 0.2) is 41.0 Å². The predicted octanol–water partition coefficient (Wildman–Crippen LogP) is 3.25. The number of nitriles is 1. The molecule has 0 atom stereocenters. The SMILES string of the molecule is N#Cc1ccc(Br)n1-c1ccc(F)cc1. The van der Waals surface area contributed by atoms with E-state index in [0.717, 1.165) is 10.3 Å². The molecule has 0 unspecified atom stereocenters. The van der Waals surface area contributed by atoms with Gasteiger partial charge in [0.15, 0.2) is 0 Å². The Labute approximate surface area is 94.7 Å². The van der Waals surface area contributed by atoms with Gasteiger partial charge in [0.05, 0.1) is 4.60 Å². The Bertz CT molecular complexity index is 523. The van der Waals surface area contributed by atoms with Gasteiger partial charge in [-0.3, -0.25) is 4.57 Å². The molecule has 1 aromatic heterocycles. The zero-order valence-electron chi connectivity index (χ0n) is 7.61. The maximum Gasteiger partial charge on any atom is 0.125 e. The second-order valence-electron chi connectivity index (χ2n) is 2.96. The number of halogens is 2. The van der Waals surface area contributed by atoms with Gasteiger partial charge in [0.25, 0.3) is 0 Å². The predicted molar refractivity (Wildman–Crippen MR) is 58.1 cm³/mol. The molecule has 0 bridgehead atoms. The molecule has 0 saturated heterocycles. The van der Waals surface area contributed by atoms with E-state index >= 15 is 0 Å².